The molecule has 1 fully saturated rings. The third-order valence-electron chi connectivity index (χ3n) is 5.01. The smallest absolute Gasteiger partial charge is 0.0227 e. The fourth-order valence-corrected chi connectivity index (χ4v) is 3.72. The Balaban J connectivity index is 1.87. The van der Waals surface area contributed by atoms with Crippen LogP contribution in [0.3, 0.4) is 0 Å². The number of nitrogens with zero attached hydrogens (tertiary/aromatic N) is 1. The second-order valence-corrected chi connectivity index (χ2v) is 6.26. The minimum atomic E-state index is 0.153. The second-order valence-electron chi connectivity index (χ2n) is 6.26. The molecule has 1 radical (unpaired) electrons. The maximum absolute atomic E-state index is 7.34. The zero-order chi connectivity index (χ0) is 15.3. The molecule has 0 atom stereocenters. The first kappa shape index (κ1) is 15.3. The summed E-state index contributed by atoms with van der Waals surface area (Å²) in [5.41, 5.74) is 10.4. The average molecular weight is 293 g/mol. The molecule has 0 saturated carbocycles. The van der Waals surface area contributed by atoms with Crippen LogP contribution in [0.1, 0.15) is 30.4 Å². The van der Waals surface area contributed by atoms with Crippen LogP contribution in [0.15, 0.2) is 60.7 Å². The monoisotopic (exact) mass is 293 g/mol. The van der Waals surface area contributed by atoms with Gasteiger partial charge < -0.3 is 4.90 Å². The number of hydrogen-bond donors (Lipinski definition) is 0. The van der Waals surface area contributed by atoms with Gasteiger partial charge in [-0.3, -0.25) is 5.73 Å². The summed E-state index contributed by atoms with van der Waals surface area (Å²) >= 11 is 0. The Morgan fingerprint density at radius 3 is 1.77 bits per heavy atom. The van der Waals surface area contributed by atoms with Gasteiger partial charge in [0.15, 0.2) is 0 Å². The molecule has 0 spiro atoms. The molecule has 2 heteroatoms. The minimum absolute atomic E-state index is 0.153. The second kappa shape index (κ2) is 7.08. The first-order valence-corrected chi connectivity index (χ1v) is 8.33. The van der Waals surface area contributed by atoms with Crippen LogP contribution in [0.4, 0.5) is 0 Å². The van der Waals surface area contributed by atoms with Crippen molar-refractivity contribution >= 4 is 0 Å². The maximum atomic E-state index is 7.34. The lowest BCUT2D eigenvalue weighted by Gasteiger charge is -2.43. The highest BCUT2D eigenvalue weighted by Gasteiger charge is 2.37. The molecule has 0 amide bonds. The van der Waals surface area contributed by atoms with E-state index in [1.807, 2.05) is 0 Å². The number of hydrogen-bond acceptors (Lipinski definition) is 1. The fourth-order valence-electron chi connectivity index (χ4n) is 3.72. The van der Waals surface area contributed by atoms with E-state index >= 15 is 0 Å². The molecule has 0 bridgehead atoms. The van der Waals surface area contributed by atoms with E-state index in [2.05, 4.69) is 65.6 Å². The van der Waals surface area contributed by atoms with Gasteiger partial charge in [0.25, 0.3) is 0 Å². The van der Waals surface area contributed by atoms with Gasteiger partial charge in [0.2, 0.25) is 0 Å². The van der Waals surface area contributed by atoms with Gasteiger partial charge in [0, 0.05) is 12.0 Å². The van der Waals surface area contributed by atoms with Crippen LogP contribution < -0.4 is 5.73 Å². The Bertz CT molecular complexity index is 515. The third kappa shape index (κ3) is 3.08. The molecule has 22 heavy (non-hydrogen) atoms. The molecule has 0 aromatic heterocycles. The standard InChI is InChI=1S/C20H25N2/c21-14-7-15-22-16-12-20(13-17-22,18-8-3-1-4-9-18)19-10-5-2-6-11-19/h1-6,8-11,21H,7,12-17H2. The van der Waals surface area contributed by atoms with Crippen molar-refractivity contribution in [3.8, 4) is 0 Å². The highest BCUT2D eigenvalue weighted by atomic mass is 15.1. The minimum Gasteiger partial charge on any atom is -0.303 e. The molecular formula is C20H25N2. The lowest BCUT2D eigenvalue weighted by Crippen LogP contribution is -2.43. The zero-order valence-electron chi connectivity index (χ0n) is 13.2. The molecule has 3 rings (SSSR count). The van der Waals surface area contributed by atoms with Gasteiger partial charge in [-0.15, -0.1) is 0 Å². The van der Waals surface area contributed by atoms with E-state index in [9.17, 15) is 0 Å². The summed E-state index contributed by atoms with van der Waals surface area (Å²) in [6, 6.07) is 22.0. The summed E-state index contributed by atoms with van der Waals surface area (Å²) in [4.78, 5) is 2.53. The largest absolute Gasteiger partial charge is 0.303 e. The van der Waals surface area contributed by atoms with E-state index in [-0.39, 0.29) is 5.41 Å². The quantitative estimate of drug-likeness (QED) is 0.825. The van der Waals surface area contributed by atoms with Crippen molar-refractivity contribution in [1.29, 1.82) is 0 Å². The van der Waals surface area contributed by atoms with Crippen LogP contribution >= 0.6 is 0 Å². The first-order chi connectivity index (χ1) is 10.8. The van der Waals surface area contributed by atoms with Crippen molar-refractivity contribution in [2.45, 2.75) is 24.7 Å². The van der Waals surface area contributed by atoms with E-state index in [0.29, 0.717) is 6.54 Å². The zero-order valence-corrected chi connectivity index (χ0v) is 13.2. The SMILES string of the molecule is [NH]CCCN1CCC(c2ccccc2)(c2ccccc2)CC1. The lowest BCUT2D eigenvalue weighted by atomic mass is 9.68. The normalized spacial score (nSPS) is 18.2. The molecule has 2 nitrogen and oxygen atoms in total. The molecule has 0 aliphatic carbocycles. The molecule has 0 unspecified atom stereocenters. The molecule has 115 valence electrons. The Hall–Kier alpha value is -1.64. The summed E-state index contributed by atoms with van der Waals surface area (Å²) < 4.78 is 0. The highest BCUT2D eigenvalue weighted by molar-refractivity contribution is 5.40. The van der Waals surface area contributed by atoms with E-state index in [1.165, 1.54) is 24.0 Å². The Morgan fingerprint density at radius 1 is 0.818 bits per heavy atom. The number of likely N-dealkylation sites (tertiary alicyclic amines) is 1. The van der Waals surface area contributed by atoms with Gasteiger partial charge in [0.05, 0.1) is 0 Å². The predicted octanol–water partition coefficient (Wildman–Crippen LogP) is 3.74. The van der Waals surface area contributed by atoms with E-state index in [4.69, 9.17) is 5.73 Å². The molecular weight excluding hydrogens is 268 g/mol. The molecule has 1 saturated heterocycles. The van der Waals surface area contributed by atoms with Gasteiger partial charge in [-0.2, -0.15) is 0 Å². The van der Waals surface area contributed by atoms with Crippen molar-refractivity contribution in [2.24, 2.45) is 0 Å². The van der Waals surface area contributed by atoms with Crippen LogP contribution in [0.5, 0.6) is 0 Å². The van der Waals surface area contributed by atoms with Crippen molar-refractivity contribution in [3.05, 3.63) is 71.8 Å². The summed E-state index contributed by atoms with van der Waals surface area (Å²) in [7, 11) is 0. The average Bonchev–Trinajstić information content (AvgIpc) is 2.62. The summed E-state index contributed by atoms with van der Waals surface area (Å²) in [6.07, 6.45) is 3.32. The van der Waals surface area contributed by atoms with Crippen LogP contribution in [0.2, 0.25) is 0 Å². The molecule has 1 heterocycles. The number of piperidine rings is 1. The van der Waals surface area contributed by atoms with Crippen molar-refractivity contribution < 1.29 is 0 Å². The Morgan fingerprint density at radius 2 is 1.32 bits per heavy atom. The fraction of sp³-hybridized carbons (Fsp3) is 0.400. The van der Waals surface area contributed by atoms with Gasteiger partial charge in [-0.25, -0.2) is 0 Å². The van der Waals surface area contributed by atoms with Crippen molar-refractivity contribution in [2.75, 3.05) is 26.2 Å². The molecule has 1 N–H and O–H groups in total. The van der Waals surface area contributed by atoms with Crippen LogP contribution in [0, 0.1) is 0 Å². The van der Waals surface area contributed by atoms with Crippen LogP contribution in [-0.4, -0.2) is 31.1 Å². The summed E-state index contributed by atoms with van der Waals surface area (Å²) in [6.45, 7) is 3.87. The first-order valence-electron chi connectivity index (χ1n) is 8.33. The Kier molecular flexibility index (Phi) is 4.91. The Labute approximate surface area is 134 Å². The number of nitrogens with one attached hydrogen (secondary N) is 1. The molecule has 1 aliphatic heterocycles. The predicted molar refractivity (Wildman–Crippen MR) is 91.9 cm³/mol. The number of benzene rings is 2. The topological polar surface area (TPSA) is 27.0 Å². The lowest BCUT2D eigenvalue weighted by molar-refractivity contribution is 0.178. The molecule has 2 aromatic carbocycles. The van der Waals surface area contributed by atoms with Crippen LogP contribution in [0.25, 0.3) is 0 Å². The van der Waals surface area contributed by atoms with E-state index in [0.717, 1.165) is 26.1 Å². The number of rotatable bonds is 5. The van der Waals surface area contributed by atoms with Crippen molar-refractivity contribution in [1.82, 2.24) is 10.6 Å². The third-order valence-corrected chi connectivity index (χ3v) is 5.01. The summed E-state index contributed by atoms with van der Waals surface area (Å²) in [5.74, 6) is 0. The molecule has 1 aliphatic rings. The van der Waals surface area contributed by atoms with Crippen molar-refractivity contribution in [3.63, 3.8) is 0 Å². The van der Waals surface area contributed by atoms with Gasteiger partial charge in [-0.05, 0) is 50.0 Å². The summed E-state index contributed by atoms with van der Waals surface area (Å²) in [5, 5.41) is 0. The van der Waals surface area contributed by atoms with Crippen LogP contribution in [-0.2, 0) is 5.41 Å². The van der Waals surface area contributed by atoms with E-state index < -0.39 is 0 Å². The van der Waals surface area contributed by atoms with E-state index in [1.54, 1.807) is 0 Å². The maximum Gasteiger partial charge on any atom is 0.0227 e. The van der Waals surface area contributed by atoms with Gasteiger partial charge in [-0.1, -0.05) is 60.7 Å². The van der Waals surface area contributed by atoms with Gasteiger partial charge in [0.1, 0.15) is 0 Å². The highest BCUT2D eigenvalue weighted by Crippen LogP contribution is 2.41. The van der Waals surface area contributed by atoms with Gasteiger partial charge >= 0.3 is 0 Å². The molecule has 2 aromatic rings.